The van der Waals surface area contributed by atoms with E-state index in [1.165, 1.54) is 29.5 Å². The SMILES string of the molecule is Cc1nc2cc(OC(=O)COCC(=O)Nc3cccc4c3C(=O)N(C3CCC(=O)NC3=O)C4=O)ccc2s1. The van der Waals surface area contributed by atoms with Crippen molar-refractivity contribution >= 4 is 62.7 Å². The van der Waals surface area contributed by atoms with Crippen LogP contribution in [-0.2, 0) is 23.9 Å². The van der Waals surface area contributed by atoms with Gasteiger partial charge in [-0.2, -0.15) is 0 Å². The third-order valence-electron chi connectivity index (χ3n) is 5.89. The molecule has 38 heavy (non-hydrogen) atoms. The van der Waals surface area contributed by atoms with Gasteiger partial charge in [0.15, 0.2) is 0 Å². The molecule has 3 heterocycles. The Kier molecular flexibility index (Phi) is 6.70. The molecule has 3 aromatic rings. The van der Waals surface area contributed by atoms with E-state index in [1.807, 2.05) is 6.92 Å². The summed E-state index contributed by atoms with van der Waals surface area (Å²) in [5, 5.41) is 5.52. The van der Waals surface area contributed by atoms with E-state index in [0.717, 1.165) is 14.6 Å². The smallest absolute Gasteiger partial charge is 0.337 e. The van der Waals surface area contributed by atoms with E-state index >= 15 is 0 Å². The van der Waals surface area contributed by atoms with Crippen molar-refractivity contribution < 1.29 is 38.2 Å². The maximum Gasteiger partial charge on any atom is 0.337 e. The minimum absolute atomic E-state index is 0.00761. The standard InChI is InChI=1S/C25H20N4O8S/c1-12-26-16-9-13(5-7-18(16)38-12)37-21(32)11-36-10-20(31)27-15-4-2-3-14-22(15)25(35)29(24(14)34)17-6-8-19(30)28-23(17)33/h2-5,7,9,17H,6,8,10-11H2,1H3,(H,27,31)(H,28,30,33). The summed E-state index contributed by atoms with van der Waals surface area (Å²) in [6.07, 6.45) is 0.00533. The summed E-state index contributed by atoms with van der Waals surface area (Å²) in [4.78, 5) is 79.4. The quantitative estimate of drug-likeness (QED) is 0.259. The summed E-state index contributed by atoms with van der Waals surface area (Å²) in [6, 6.07) is 8.26. The van der Waals surface area contributed by atoms with Gasteiger partial charge in [0.1, 0.15) is 25.0 Å². The number of fused-ring (bicyclic) bond motifs is 2. The fraction of sp³-hybridized carbons (Fsp3) is 0.240. The fourth-order valence-electron chi connectivity index (χ4n) is 4.28. The first-order valence-corrected chi connectivity index (χ1v) is 12.3. The zero-order valence-corrected chi connectivity index (χ0v) is 20.8. The zero-order valence-electron chi connectivity index (χ0n) is 19.9. The number of rotatable bonds is 7. The number of anilines is 1. The first-order valence-electron chi connectivity index (χ1n) is 11.5. The molecule has 0 spiro atoms. The lowest BCUT2D eigenvalue weighted by molar-refractivity contribution is -0.140. The highest BCUT2D eigenvalue weighted by atomic mass is 32.1. The molecule has 2 aliphatic rings. The van der Waals surface area contributed by atoms with Gasteiger partial charge < -0.3 is 14.8 Å². The predicted octanol–water partition coefficient (Wildman–Crippen LogP) is 1.57. The van der Waals surface area contributed by atoms with Crippen LogP contribution in [0.5, 0.6) is 5.75 Å². The second kappa shape index (κ2) is 10.1. The zero-order chi connectivity index (χ0) is 27.0. The van der Waals surface area contributed by atoms with Crippen LogP contribution in [0.1, 0.15) is 38.6 Å². The molecule has 1 saturated heterocycles. The van der Waals surface area contributed by atoms with Gasteiger partial charge in [-0.15, -0.1) is 11.3 Å². The van der Waals surface area contributed by atoms with Gasteiger partial charge >= 0.3 is 5.97 Å². The minimum atomic E-state index is -1.13. The number of hydrogen-bond donors (Lipinski definition) is 2. The molecule has 2 aliphatic heterocycles. The maximum atomic E-state index is 13.1. The Labute approximate surface area is 218 Å². The maximum absolute atomic E-state index is 13.1. The second-order valence-corrected chi connectivity index (χ2v) is 9.79. The van der Waals surface area contributed by atoms with Crippen molar-refractivity contribution in [1.82, 2.24) is 15.2 Å². The molecule has 1 atom stereocenters. The first-order chi connectivity index (χ1) is 18.2. The van der Waals surface area contributed by atoms with Gasteiger partial charge in [-0.05, 0) is 37.6 Å². The van der Waals surface area contributed by atoms with Crippen LogP contribution in [0, 0.1) is 6.92 Å². The van der Waals surface area contributed by atoms with Crippen LogP contribution in [0.15, 0.2) is 36.4 Å². The van der Waals surface area contributed by atoms with E-state index in [-0.39, 0.29) is 29.7 Å². The number of imide groups is 2. The normalized spacial score (nSPS) is 17.0. The number of nitrogens with one attached hydrogen (secondary N) is 2. The van der Waals surface area contributed by atoms with Crippen LogP contribution in [-0.4, -0.2) is 64.6 Å². The Morgan fingerprint density at radius 3 is 2.74 bits per heavy atom. The van der Waals surface area contributed by atoms with E-state index < -0.39 is 54.8 Å². The molecule has 2 N–H and O–H groups in total. The summed E-state index contributed by atoms with van der Waals surface area (Å²) >= 11 is 1.52. The highest BCUT2D eigenvalue weighted by molar-refractivity contribution is 7.18. The molecular weight excluding hydrogens is 516 g/mol. The van der Waals surface area contributed by atoms with Gasteiger partial charge in [-0.25, -0.2) is 9.78 Å². The number of benzene rings is 2. The largest absolute Gasteiger partial charge is 0.425 e. The molecule has 0 bridgehead atoms. The lowest BCUT2D eigenvalue weighted by Gasteiger charge is -2.27. The van der Waals surface area contributed by atoms with Crippen LogP contribution in [0.4, 0.5) is 5.69 Å². The summed E-state index contributed by atoms with van der Waals surface area (Å²) in [5.74, 6) is -3.76. The molecular formula is C25H20N4O8S. The number of nitrogens with zero attached hydrogens (tertiary/aromatic N) is 2. The molecule has 5 rings (SSSR count). The Morgan fingerprint density at radius 2 is 1.95 bits per heavy atom. The molecule has 1 unspecified atom stereocenters. The van der Waals surface area contributed by atoms with Gasteiger partial charge in [0.05, 0.1) is 32.0 Å². The average molecular weight is 537 g/mol. The van der Waals surface area contributed by atoms with Gasteiger partial charge in [-0.3, -0.25) is 34.2 Å². The summed E-state index contributed by atoms with van der Waals surface area (Å²) in [5.41, 5.74) is 0.716. The third-order valence-corrected chi connectivity index (χ3v) is 6.84. The van der Waals surface area contributed by atoms with Crippen LogP contribution in [0.25, 0.3) is 10.2 Å². The van der Waals surface area contributed by atoms with Crippen molar-refractivity contribution in [2.45, 2.75) is 25.8 Å². The number of piperidine rings is 1. The van der Waals surface area contributed by atoms with Gasteiger partial charge in [0.25, 0.3) is 11.8 Å². The third kappa shape index (κ3) is 4.88. The Morgan fingerprint density at radius 1 is 1.13 bits per heavy atom. The molecule has 12 nitrogen and oxygen atoms in total. The van der Waals surface area contributed by atoms with Crippen molar-refractivity contribution in [1.29, 1.82) is 0 Å². The lowest BCUT2D eigenvalue weighted by Crippen LogP contribution is -2.54. The second-order valence-electron chi connectivity index (χ2n) is 8.55. The summed E-state index contributed by atoms with van der Waals surface area (Å²) in [6.45, 7) is 0.846. The molecule has 0 saturated carbocycles. The highest BCUT2D eigenvalue weighted by Gasteiger charge is 2.45. The topological polar surface area (TPSA) is 161 Å². The van der Waals surface area contributed by atoms with Crippen molar-refractivity contribution in [2.75, 3.05) is 18.5 Å². The molecule has 1 aromatic heterocycles. The number of hydrogen-bond acceptors (Lipinski definition) is 10. The van der Waals surface area contributed by atoms with Crippen LogP contribution in [0.3, 0.4) is 0 Å². The van der Waals surface area contributed by atoms with Crippen molar-refractivity contribution in [2.24, 2.45) is 0 Å². The lowest BCUT2D eigenvalue weighted by atomic mass is 10.0. The molecule has 0 radical (unpaired) electrons. The van der Waals surface area contributed by atoms with Crippen molar-refractivity contribution in [3.05, 3.63) is 52.5 Å². The van der Waals surface area contributed by atoms with Crippen molar-refractivity contribution in [3.8, 4) is 5.75 Å². The Balaban J connectivity index is 1.18. The molecule has 5 amide bonds. The molecule has 1 fully saturated rings. The number of ether oxygens (including phenoxy) is 2. The van der Waals surface area contributed by atoms with Crippen LogP contribution >= 0.6 is 11.3 Å². The van der Waals surface area contributed by atoms with Gasteiger partial charge in [0.2, 0.25) is 17.7 Å². The molecule has 2 aromatic carbocycles. The predicted molar refractivity (Wildman–Crippen MR) is 133 cm³/mol. The molecule has 0 aliphatic carbocycles. The van der Waals surface area contributed by atoms with E-state index in [0.29, 0.717) is 11.3 Å². The Hall–Kier alpha value is -4.49. The fourth-order valence-corrected chi connectivity index (χ4v) is 5.09. The number of esters is 1. The van der Waals surface area contributed by atoms with E-state index in [1.54, 1.807) is 18.2 Å². The van der Waals surface area contributed by atoms with Crippen LogP contribution < -0.4 is 15.4 Å². The molecule has 194 valence electrons. The molecule has 13 heteroatoms. The van der Waals surface area contributed by atoms with E-state index in [9.17, 15) is 28.8 Å². The van der Waals surface area contributed by atoms with Crippen molar-refractivity contribution in [3.63, 3.8) is 0 Å². The van der Waals surface area contributed by atoms with Gasteiger partial charge in [0, 0.05) is 12.5 Å². The number of thiazole rings is 1. The number of aromatic nitrogens is 1. The Bertz CT molecular complexity index is 1530. The van der Waals surface area contributed by atoms with Gasteiger partial charge in [-0.1, -0.05) is 6.07 Å². The first kappa shape index (κ1) is 25.2. The van der Waals surface area contributed by atoms with Crippen LogP contribution in [0.2, 0.25) is 0 Å². The monoisotopic (exact) mass is 536 g/mol. The summed E-state index contributed by atoms with van der Waals surface area (Å²) in [7, 11) is 0. The van der Waals surface area contributed by atoms with E-state index in [4.69, 9.17) is 9.47 Å². The summed E-state index contributed by atoms with van der Waals surface area (Å²) < 4.78 is 11.3. The highest BCUT2D eigenvalue weighted by Crippen LogP contribution is 2.32. The number of carbonyl (C=O) groups excluding carboxylic acids is 6. The number of carbonyl (C=O) groups is 6. The average Bonchev–Trinajstić information content (AvgIpc) is 3.35. The minimum Gasteiger partial charge on any atom is -0.425 e. The number of amides is 5. The number of aryl methyl sites for hydroxylation is 1. The van der Waals surface area contributed by atoms with E-state index in [2.05, 4.69) is 15.6 Å².